The summed E-state index contributed by atoms with van der Waals surface area (Å²) < 4.78 is 28.6. The zero-order chi connectivity index (χ0) is 21.8. The number of nitrogens with one attached hydrogen (secondary N) is 2. The molecule has 0 aliphatic carbocycles. The van der Waals surface area contributed by atoms with Crippen molar-refractivity contribution in [2.24, 2.45) is 0 Å². The Morgan fingerprint density at radius 3 is 2.17 bits per heavy atom. The van der Waals surface area contributed by atoms with Gasteiger partial charge < -0.3 is 10.1 Å². The van der Waals surface area contributed by atoms with Gasteiger partial charge in [-0.25, -0.2) is 13.2 Å². The van der Waals surface area contributed by atoms with E-state index >= 15 is 0 Å². The van der Waals surface area contributed by atoms with Gasteiger partial charge in [0.1, 0.15) is 5.60 Å². The first-order valence-electron chi connectivity index (χ1n) is 9.03. The van der Waals surface area contributed by atoms with Crippen LogP contribution in [-0.2, 0) is 25.8 Å². The Morgan fingerprint density at radius 2 is 1.62 bits per heavy atom. The van der Waals surface area contributed by atoms with Gasteiger partial charge in [-0.05, 0) is 63.1 Å². The standard InChI is InChI=1S/C21H26N2O5S/c1-14-6-11-17(29(5,26)27)13-18(14)23-19(24)12-15-7-9-16(10-8-15)22-20(25)28-21(2,3)4/h6-11,13H,12H2,1-5H3,(H,22,25)(H,23,24). The third-order valence-corrected chi connectivity index (χ3v) is 4.99. The van der Waals surface area contributed by atoms with E-state index in [9.17, 15) is 18.0 Å². The molecule has 0 radical (unpaired) electrons. The third-order valence-electron chi connectivity index (χ3n) is 3.88. The second-order valence-corrected chi connectivity index (χ2v) is 9.81. The fourth-order valence-electron chi connectivity index (χ4n) is 2.47. The highest BCUT2D eigenvalue weighted by Gasteiger charge is 2.16. The van der Waals surface area contributed by atoms with Crippen LogP contribution in [0.1, 0.15) is 31.9 Å². The zero-order valence-electron chi connectivity index (χ0n) is 17.2. The third kappa shape index (κ3) is 7.23. The summed E-state index contributed by atoms with van der Waals surface area (Å²) >= 11 is 0. The number of amides is 2. The van der Waals surface area contributed by atoms with E-state index in [-0.39, 0.29) is 17.2 Å². The summed E-state index contributed by atoms with van der Waals surface area (Å²) in [6.45, 7) is 7.13. The van der Waals surface area contributed by atoms with Gasteiger partial charge in [-0.2, -0.15) is 0 Å². The van der Waals surface area contributed by atoms with Crippen LogP contribution < -0.4 is 10.6 Å². The minimum Gasteiger partial charge on any atom is -0.444 e. The number of rotatable bonds is 5. The van der Waals surface area contributed by atoms with Crippen LogP contribution in [0.5, 0.6) is 0 Å². The predicted octanol–water partition coefficient (Wildman–Crippen LogP) is 3.93. The van der Waals surface area contributed by atoms with E-state index in [4.69, 9.17) is 4.74 Å². The molecule has 2 amide bonds. The number of ether oxygens (including phenoxy) is 1. The van der Waals surface area contributed by atoms with Gasteiger partial charge in [0.15, 0.2) is 9.84 Å². The highest BCUT2D eigenvalue weighted by atomic mass is 32.2. The van der Waals surface area contributed by atoms with Gasteiger partial charge in [-0.1, -0.05) is 18.2 Å². The van der Waals surface area contributed by atoms with Crippen molar-refractivity contribution >= 4 is 33.2 Å². The fraction of sp³-hybridized carbons (Fsp3) is 0.333. The molecular formula is C21H26N2O5S. The summed E-state index contributed by atoms with van der Waals surface area (Å²) in [5.41, 5.74) is 1.94. The number of carbonyl (C=O) groups excluding carboxylic acids is 2. The van der Waals surface area contributed by atoms with Crippen molar-refractivity contribution in [3.05, 3.63) is 53.6 Å². The molecular weight excluding hydrogens is 392 g/mol. The zero-order valence-corrected chi connectivity index (χ0v) is 18.0. The Balaban J connectivity index is 2.00. The van der Waals surface area contributed by atoms with Crippen LogP contribution in [0, 0.1) is 6.92 Å². The average molecular weight is 419 g/mol. The van der Waals surface area contributed by atoms with Crippen molar-refractivity contribution in [2.45, 2.75) is 44.6 Å². The van der Waals surface area contributed by atoms with Crippen molar-refractivity contribution in [1.82, 2.24) is 0 Å². The monoisotopic (exact) mass is 418 g/mol. The van der Waals surface area contributed by atoms with Crippen molar-refractivity contribution in [3.63, 3.8) is 0 Å². The lowest BCUT2D eigenvalue weighted by Crippen LogP contribution is -2.27. The number of benzene rings is 2. The van der Waals surface area contributed by atoms with Gasteiger partial charge >= 0.3 is 6.09 Å². The quantitative estimate of drug-likeness (QED) is 0.766. The van der Waals surface area contributed by atoms with Gasteiger partial charge in [-0.15, -0.1) is 0 Å². The van der Waals surface area contributed by atoms with E-state index in [1.807, 2.05) is 0 Å². The van der Waals surface area contributed by atoms with E-state index in [0.717, 1.165) is 17.4 Å². The van der Waals surface area contributed by atoms with Crippen molar-refractivity contribution in [1.29, 1.82) is 0 Å². The second-order valence-electron chi connectivity index (χ2n) is 7.80. The van der Waals surface area contributed by atoms with Crippen LogP contribution in [0.2, 0.25) is 0 Å². The molecule has 7 nitrogen and oxygen atoms in total. The minimum absolute atomic E-state index is 0.106. The molecule has 0 atom stereocenters. The van der Waals surface area contributed by atoms with Gasteiger partial charge in [0.25, 0.3) is 0 Å². The molecule has 0 bridgehead atoms. The molecule has 8 heteroatoms. The number of hydrogen-bond acceptors (Lipinski definition) is 5. The number of anilines is 2. The molecule has 2 N–H and O–H groups in total. The maximum absolute atomic E-state index is 12.4. The van der Waals surface area contributed by atoms with Gasteiger partial charge in [-0.3, -0.25) is 10.1 Å². The largest absolute Gasteiger partial charge is 0.444 e. The van der Waals surface area contributed by atoms with Crippen LogP contribution in [0.25, 0.3) is 0 Å². The normalized spacial score (nSPS) is 11.6. The molecule has 2 aromatic carbocycles. The van der Waals surface area contributed by atoms with Crippen LogP contribution in [0.15, 0.2) is 47.4 Å². The molecule has 0 aliphatic rings. The lowest BCUT2D eigenvalue weighted by molar-refractivity contribution is -0.115. The summed E-state index contributed by atoms with van der Waals surface area (Å²) in [5.74, 6) is -0.272. The minimum atomic E-state index is -3.36. The number of hydrogen-bond donors (Lipinski definition) is 2. The lowest BCUT2D eigenvalue weighted by Gasteiger charge is -2.19. The summed E-state index contributed by atoms with van der Waals surface area (Å²) in [7, 11) is -3.36. The van der Waals surface area contributed by atoms with Crippen LogP contribution in [0.3, 0.4) is 0 Å². The van der Waals surface area contributed by atoms with E-state index in [0.29, 0.717) is 11.4 Å². The Kier molecular flexibility index (Phi) is 6.69. The smallest absolute Gasteiger partial charge is 0.412 e. The molecule has 29 heavy (non-hydrogen) atoms. The van der Waals surface area contributed by atoms with Crippen molar-refractivity contribution in [2.75, 3.05) is 16.9 Å². The maximum atomic E-state index is 12.4. The molecule has 0 heterocycles. The molecule has 0 unspecified atom stereocenters. The molecule has 2 aromatic rings. The summed E-state index contributed by atoms with van der Waals surface area (Å²) in [5, 5.41) is 5.38. The summed E-state index contributed by atoms with van der Waals surface area (Å²) in [4.78, 5) is 24.3. The predicted molar refractivity (Wildman–Crippen MR) is 113 cm³/mol. The molecule has 0 saturated carbocycles. The lowest BCUT2D eigenvalue weighted by atomic mass is 10.1. The second kappa shape index (κ2) is 8.65. The average Bonchev–Trinajstić information content (AvgIpc) is 2.56. The Morgan fingerprint density at radius 1 is 1.00 bits per heavy atom. The number of sulfone groups is 1. The Hall–Kier alpha value is -2.87. The van der Waals surface area contributed by atoms with Crippen molar-refractivity contribution in [3.8, 4) is 0 Å². The van der Waals surface area contributed by atoms with Crippen LogP contribution in [-0.4, -0.2) is 32.3 Å². The van der Waals surface area contributed by atoms with Gasteiger partial charge in [0, 0.05) is 17.6 Å². The van der Waals surface area contributed by atoms with E-state index < -0.39 is 21.5 Å². The van der Waals surface area contributed by atoms with E-state index in [1.54, 1.807) is 58.0 Å². The van der Waals surface area contributed by atoms with E-state index in [2.05, 4.69) is 10.6 Å². The topological polar surface area (TPSA) is 102 Å². The molecule has 0 fully saturated rings. The molecule has 0 saturated heterocycles. The first-order chi connectivity index (χ1) is 13.3. The first-order valence-corrected chi connectivity index (χ1v) is 10.9. The first kappa shape index (κ1) is 22.4. The maximum Gasteiger partial charge on any atom is 0.412 e. The molecule has 156 valence electrons. The fourth-order valence-corrected chi connectivity index (χ4v) is 3.12. The number of aryl methyl sites for hydroxylation is 1. The SMILES string of the molecule is Cc1ccc(S(C)(=O)=O)cc1NC(=O)Cc1ccc(NC(=O)OC(C)(C)C)cc1. The number of carbonyl (C=O) groups is 2. The van der Waals surface area contributed by atoms with Gasteiger partial charge in [0.2, 0.25) is 5.91 Å². The van der Waals surface area contributed by atoms with Crippen LogP contribution in [0.4, 0.5) is 16.2 Å². The Labute approximate surface area is 171 Å². The molecule has 2 rings (SSSR count). The van der Waals surface area contributed by atoms with E-state index in [1.165, 1.54) is 12.1 Å². The summed E-state index contributed by atoms with van der Waals surface area (Å²) in [6, 6.07) is 11.4. The molecule has 0 spiro atoms. The van der Waals surface area contributed by atoms with Crippen molar-refractivity contribution < 1.29 is 22.7 Å². The highest BCUT2D eigenvalue weighted by molar-refractivity contribution is 7.90. The Bertz CT molecular complexity index is 1010. The summed E-state index contributed by atoms with van der Waals surface area (Å²) in [6.07, 6.45) is 0.676. The van der Waals surface area contributed by atoms with Crippen LogP contribution >= 0.6 is 0 Å². The molecule has 0 aliphatic heterocycles. The molecule has 0 aromatic heterocycles. The van der Waals surface area contributed by atoms with Gasteiger partial charge in [0.05, 0.1) is 11.3 Å². The highest BCUT2D eigenvalue weighted by Crippen LogP contribution is 2.21.